The van der Waals surface area contributed by atoms with Gasteiger partial charge >= 0.3 is 0 Å². The molecule has 1 fully saturated rings. The van der Waals surface area contributed by atoms with Crippen molar-refractivity contribution in [3.63, 3.8) is 0 Å². The SMILES string of the molecule is Cn1cc(CC(N)C2CCCCCC2)nn1. The van der Waals surface area contributed by atoms with Crippen LogP contribution in [0.2, 0.25) is 0 Å². The Morgan fingerprint density at radius 2 is 2.06 bits per heavy atom. The molecule has 0 bridgehead atoms. The lowest BCUT2D eigenvalue weighted by atomic mass is 9.90. The minimum Gasteiger partial charge on any atom is -0.327 e. The highest BCUT2D eigenvalue weighted by molar-refractivity contribution is 4.96. The van der Waals surface area contributed by atoms with Crippen molar-refractivity contribution in [3.05, 3.63) is 11.9 Å². The zero-order valence-electron chi connectivity index (χ0n) is 10.1. The Hall–Kier alpha value is -0.900. The van der Waals surface area contributed by atoms with E-state index >= 15 is 0 Å². The van der Waals surface area contributed by atoms with Gasteiger partial charge in [-0.1, -0.05) is 30.9 Å². The van der Waals surface area contributed by atoms with Gasteiger partial charge in [-0.3, -0.25) is 4.68 Å². The highest BCUT2D eigenvalue weighted by Crippen LogP contribution is 2.25. The molecule has 0 aromatic carbocycles. The number of nitrogens with two attached hydrogens (primary N) is 1. The maximum absolute atomic E-state index is 6.28. The molecule has 1 heterocycles. The fraction of sp³-hybridized carbons (Fsp3) is 0.833. The van der Waals surface area contributed by atoms with Crippen LogP contribution < -0.4 is 5.73 Å². The summed E-state index contributed by atoms with van der Waals surface area (Å²) in [6, 6.07) is 0.259. The minimum absolute atomic E-state index is 0.259. The van der Waals surface area contributed by atoms with E-state index in [9.17, 15) is 0 Å². The summed E-state index contributed by atoms with van der Waals surface area (Å²) < 4.78 is 1.75. The maximum Gasteiger partial charge on any atom is 0.0842 e. The molecule has 1 aromatic rings. The molecule has 1 aromatic heterocycles. The molecular formula is C12H22N4. The number of hydrogen-bond acceptors (Lipinski definition) is 3. The smallest absolute Gasteiger partial charge is 0.0842 e. The van der Waals surface area contributed by atoms with Crippen molar-refractivity contribution in [1.82, 2.24) is 15.0 Å². The fourth-order valence-corrected chi connectivity index (χ4v) is 2.64. The molecule has 2 rings (SSSR count). The molecule has 2 N–H and O–H groups in total. The van der Waals surface area contributed by atoms with Crippen molar-refractivity contribution in [2.45, 2.75) is 51.0 Å². The van der Waals surface area contributed by atoms with Crippen molar-refractivity contribution in [1.29, 1.82) is 0 Å². The van der Waals surface area contributed by atoms with Gasteiger partial charge in [-0.25, -0.2) is 0 Å². The highest BCUT2D eigenvalue weighted by atomic mass is 15.4. The molecule has 0 radical (unpaired) electrons. The standard InChI is InChI=1S/C12H22N4/c1-16-9-11(14-15-16)8-12(13)10-6-4-2-3-5-7-10/h9-10,12H,2-8,13H2,1H3. The number of rotatable bonds is 3. The summed E-state index contributed by atoms with van der Waals surface area (Å²) in [4.78, 5) is 0. The van der Waals surface area contributed by atoms with E-state index in [4.69, 9.17) is 5.73 Å². The van der Waals surface area contributed by atoms with E-state index in [0.717, 1.165) is 12.1 Å². The van der Waals surface area contributed by atoms with Crippen molar-refractivity contribution in [2.24, 2.45) is 18.7 Å². The third kappa shape index (κ3) is 3.04. The summed E-state index contributed by atoms with van der Waals surface area (Å²) in [5.74, 6) is 0.685. The maximum atomic E-state index is 6.28. The van der Waals surface area contributed by atoms with E-state index < -0.39 is 0 Å². The summed E-state index contributed by atoms with van der Waals surface area (Å²) >= 11 is 0. The lowest BCUT2D eigenvalue weighted by Crippen LogP contribution is -2.32. The average molecular weight is 222 g/mol. The first-order chi connectivity index (χ1) is 7.75. The van der Waals surface area contributed by atoms with Gasteiger partial charge in [0.05, 0.1) is 5.69 Å². The zero-order valence-corrected chi connectivity index (χ0v) is 10.1. The van der Waals surface area contributed by atoms with Crippen LogP contribution >= 0.6 is 0 Å². The molecule has 0 spiro atoms. The second-order valence-corrected chi connectivity index (χ2v) is 5.00. The molecule has 1 aliphatic rings. The van der Waals surface area contributed by atoms with E-state index in [1.54, 1.807) is 4.68 Å². The zero-order chi connectivity index (χ0) is 11.4. The van der Waals surface area contributed by atoms with Gasteiger partial charge in [0, 0.05) is 25.7 Å². The van der Waals surface area contributed by atoms with Crippen LogP contribution in [0, 0.1) is 5.92 Å². The monoisotopic (exact) mass is 222 g/mol. The number of aryl methyl sites for hydroxylation is 1. The Morgan fingerprint density at radius 3 is 2.62 bits per heavy atom. The van der Waals surface area contributed by atoms with Gasteiger partial charge in [0.15, 0.2) is 0 Å². The molecule has 90 valence electrons. The Morgan fingerprint density at radius 1 is 1.38 bits per heavy atom. The fourth-order valence-electron chi connectivity index (χ4n) is 2.64. The largest absolute Gasteiger partial charge is 0.327 e. The molecule has 0 amide bonds. The highest BCUT2D eigenvalue weighted by Gasteiger charge is 2.20. The molecule has 0 saturated heterocycles. The number of nitrogens with zero attached hydrogens (tertiary/aromatic N) is 3. The van der Waals surface area contributed by atoms with Gasteiger partial charge in [-0.05, 0) is 18.8 Å². The third-order valence-corrected chi connectivity index (χ3v) is 3.60. The molecule has 4 heteroatoms. The summed E-state index contributed by atoms with van der Waals surface area (Å²) in [5, 5.41) is 8.05. The van der Waals surface area contributed by atoms with Gasteiger partial charge in [0.25, 0.3) is 0 Å². The lowest BCUT2D eigenvalue weighted by Gasteiger charge is -2.21. The lowest BCUT2D eigenvalue weighted by molar-refractivity contribution is 0.370. The quantitative estimate of drug-likeness (QED) is 0.791. The Balaban J connectivity index is 1.88. The summed E-state index contributed by atoms with van der Waals surface area (Å²) in [5.41, 5.74) is 7.31. The van der Waals surface area contributed by atoms with Crippen molar-refractivity contribution in [2.75, 3.05) is 0 Å². The van der Waals surface area contributed by atoms with Gasteiger partial charge in [0.1, 0.15) is 0 Å². The molecule has 1 aliphatic carbocycles. The molecular weight excluding hydrogens is 200 g/mol. The third-order valence-electron chi connectivity index (χ3n) is 3.60. The van der Waals surface area contributed by atoms with Crippen LogP contribution in [0.3, 0.4) is 0 Å². The van der Waals surface area contributed by atoms with Gasteiger partial charge < -0.3 is 5.73 Å². The van der Waals surface area contributed by atoms with E-state index in [2.05, 4.69) is 10.3 Å². The van der Waals surface area contributed by atoms with Crippen LogP contribution in [0.5, 0.6) is 0 Å². The predicted molar refractivity (Wildman–Crippen MR) is 63.9 cm³/mol. The molecule has 1 unspecified atom stereocenters. The van der Waals surface area contributed by atoms with Crippen LogP contribution in [0.4, 0.5) is 0 Å². The van der Waals surface area contributed by atoms with E-state index in [0.29, 0.717) is 5.92 Å². The van der Waals surface area contributed by atoms with Crippen LogP contribution in [0.15, 0.2) is 6.20 Å². The molecule has 1 saturated carbocycles. The summed E-state index contributed by atoms with van der Waals surface area (Å²) in [6.07, 6.45) is 10.9. The summed E-state index contributed by atoms with van der Waals surface area (Å²) in [6.45, 7) is 0. The minimum atomic E-state index is 0.259. The topological polar surface area (TPSA) is 56.7 Å². The van der Waals surface area contributed by atoms with Crippen molar-refractivity contribution < 1.29 is 0 Å². The van der Waals surface area contributed by atoms with Crippen molar-refractivity contribution in [3.8, 4) is 0 Å². The number of hydrogen-bond donors (Lipinski definition) is 1. The Bertz CT molecular complexity index is 313. The van der Waals surface area contributed by atoms with Gasteiger partial charge in [0.2, 0.25) is 0 Å². The van der Waals surface area contributed by atoms with Crippen LogP contribution in [-0.2, 0) is 13.5 Å². The van der Waals surface area contributed by atoms with Crippen LogP contribution in [-0.4, -0.2) is 21.0 Å². The first kappa shape index (κ1) is 11.6. The predicted octanol–water partition coefficient (Wildman–Crippen LogP) is 1.66. The Labute approximate surface area is 97.2 Å². The number of aromatic nitrogens is 3. The van der Waals surface area contributed by atoms with E-state index in [1.165, 1.54) is 38.5 Å². The van der Waals surface area contributed by atoms with Crippen LogP contribution in [0.25, 0.3) is 0 Å². The van der Waals surface area contributed by atoms with E-state index in [1.807, 2.05) is 13.2 Å². The summed E-state index contributed by atoms with van der Waals surface area (Å²) in [7, 11) is 1.90. The Kier molecular flexibility index (Phi) is 3.93. The molecule has 1 atom stereocenters. The molecule has 4 nitrogen and oxygen atoms in total. The average Bonchev–Trinajstić information content (AvgIpc) is 2.56. The first-order valence-electron chi connectivity index (χ1n) is 6.36. The molecule has 0 aliphatic heterocycles. The van der Waals surface area contributed by atoms with E-state index in [-0.39, 0.29) is 6.04 Å². The van der Waals surface area contributed by atoms with Crippen LogP contribution in [0.1, 0.15) is 44.2 Å². The van der Waals surface area contributed by atoms with Gasteiger partial charge in [-0.2, -0.15) is 0 Å². The van der Waals surface area contributed by atoms with Gasteiger partial charge in [-0.15, -0.1) is 5.10 Å². The normalized spacial score (nSPS) is 20.6. The first-order valence-corrected chi connectivity index (χ1v) is 6.36. The second kappa shape index (κ2) is 5.43. The van der Waals surface area contributed by atoms with Crippen molar-refractivity contribution >= 4 is 0 Å². The second-order valence-electron chi connectivity index (χ2n) is 5.00. The molecule has 16 heavy (non-hydrogen) atoms.